The summed E-state index contributed by atoms with van der Waals surface area (Å²) >= 11 is 1.93. The molecular formula is C24H25IN2O2. The number of fused-ring (bicyclic) bond motifs is 1. The Kier molecular flexibility index (Phi) is 6.64. The van der Waals surface area contributed by atoms with Gasteiger partial charge >= 0.3 is 0 Å². The summed E-state index contributed by atoms with van der Waals surface area (Å²) < 4.78 is 8.67. The number of carbonyl (C=O) groups is 1. The number of carbonyl (C=O) groups excluding carboxylic acids is 1. The van der Waals surface area contributed by atoms with Gasteiger partial charge in [-0.2, -0.15) is 0 Å². The Morgan fingerprint density at radius 1 is 1.03 bits per heavy atom. The van der Waals surface area contributed by atoms with E-state index in [0.29, 0.717) is 24.9 Å². The highest BCUT2D eigenvalue weighted by molar-refractivity contribution is 14.1. The number of rotatable bonds is 7. The zero-order valence-corrected chi connectivity index (χ0v) is 18.5. The van der Waals surface area contributed by atoms with E-state index in [1.165, 1.54) is 18.4 Å². The van der Waals surface area contributed by atoms with Gasteiger partial charge in [-0.15, -0.1) is 0 Å². The molecule has 1 aliphatic carbocycles. The number of benzene rings is 2. The van der Waals surface area contributed by atoms with Crippen molar-refractivity contribution in [2.24, 2.45) is 11.8 Å². The number of nitrogens with one attached hydrogen (secondary N) is 1. The molecule has 5 heteroatoms. The molecule has 2 aromatic carbocycles. The highest BCUT2D eigenvalue weighted by Gasteiger charge is 2.28. The van der Waals surface area contributed by atoms with Crippen molar-refractivity contribution in [1.82, 2.24) is 8.51 Å². The van der Waals surface area contributed by atoms with Gasteiger partial charge in [-0.3, -0.25) is 8.32 Å². The molecule has 150 valence electrons. The highest BCUT2D eigenvalue weighted by atomic mass is 127. The summed E-state index contributed by atoms with van der Waals surface area (Å²) in [7, 11) is 0. The standard InChI is InChI=1S/C24H25IN2O2/c25-27-24(28)15-20-6-3-5-19(20)14-17-8-12-22(13-9-17)29-16-21-11-10-18-4-1-2-7-23(18)26-21/h1-2,4,7-13,19-20H,3,5-6,14-16H2,(H,27,28). The minimum Gasteiger partial charge on any atom is -0.487 e. The first-order chi connectivity index (χ1) is 14.2. The normalized spacial score (nSPS) is 18.7. The minimum atomic E-state index is 0.147. The molecule has 0 saturated heterocycles. The average Bonchev–Trinajstić information content (AvgIpc) is 3.19. The van der Waals surface area contributed by atoms with Crippen LogP contribution in [0.2, 0.25) is 0 Å². The van der Waals surface area contributed by atoms with Crippen LogP contribution in [0.4, 0.5) is 0 Å². The lowest BCUT2D eigenvalue weighted by Gasteiger charge is -2.19. The van der Waals surface area contributed by atoms with Crippen LogP contribution in [-0.2, 0) is 17.8 Å². The maximum atomic E-state index is 11.7. The SMILES string of the molecule is O=C(CC1CCCC1Cc1ccc(OCc2ccc3ccccc3n2)cc1)NI. The molecule has 2 atom stereocenters. The number of aromatic nitrogens is 1. The fourth-order valence-corrected chi connectivity index (χ4v) is 4.52. The summed E-state index contributed by atoms with van der Waals surface area (Å²) in [5.74, 6) is 2.10. The summed E-state index contributed by atoms with van der Waals surface area (Å²) in [5, 5.41) is 1.14. The van der Waals surface area contributed by atoms with Gasteiger partial charge in [0, 0.05) is 11.8 Å². The first-order valence-corrected chi connectivity index (χ1v) is 11.2. The van der Waals surface area contributed by atoms with E-state index in [-0.39, 0.29) is 5.91 Å². The van der Waals surface area contributed by atoms with Crippen molar-refractivity contribution in [3.05, 3.63) is 71.9 Å². The van der Waals surface area contributed by atoms with E-state index in [2.05, 4.69) is 32.8 Å². The summed E-state index contributed by atoms with van der Waals surface area (Å²) in [6, 6.07) is 20.6. The largest absolute Gasteiger partial charge is 0.487 e. The first-order valence-electron chi connectivity index (χ1n) is 10.2. The van der Waals surface area contributed by atoms with E-state index in [9.17, 15) is 4.79 Å². The Morgan fingerprint density at radius 3 is 2.66 bits per heavy atom. The van der Waals surface area contributed by atoms with Crippen molar-refractivity contribution in [2.45, 2.75) is 38.7 Å². The van der Waals surface area contributed by atoms with E-state index in [4.69, 9.17) is 4.74 Å². The third-order valence-corrected chi connectivity index (χ3v) is 6.44. The smallest absolute Gasteiger partial charge is 0.228 e. The summed E-state index contributed by atoms with van der Waals surface area (Å²) in [5.41, 5.74) is 3.23. The van der Waals surface area contributed by atoms with Crippen molar-refractivity contribution < 1.29 is 9.53 Å². The van der Waals surface area contributed by atoms with Gasteiger partial charge in [0.1, 0.15) is 12.4 Å². The third kappa shape index (κ3) is 5.26. The van der Waals surface area contributed by atoms with Gasteiger partial charge in [0.25, 0.3) is 0 Å². The van der Waals surface area contributed by atoms with E-state index < -0.39 is 0 Å². The Morgan fingerprint density at radius 2 is 1.83 bits per heavy atom. The fraction of sp³-hybridized carbons (Fsp3) is 0.333. The molecule has 0 spiro atoms. The topological polar surface area (TPSA) is 51.2 Å². The van der Waals surface area contributed by atoms with E-state index >= 15 is 0 Å². The van der Waals surface area contributed by atoms with Crippen LogP contribution in [0.3, 0.4) is 0 Å². The van der Waals surface area contributed by atoms with E-state index in [1.54, 1.807) is 0 Å². The number of ether oxygens (including phenoxy) is 1. The third-order valence-electron chi connectivity index (χ3n) is 5.83. The summed E-state index contributed by atoms with van der Waals surface area (Å²) in [6.07, 6.45) is 5.28. The lowest BCUT2D eigenvalue weighted by molar-refractivity contribution is -0.120. The summed E-state index contributed by atoms with van der Waals surface area (Å²) in [4.78, 5) is 16.4. The van der Waals surface area contributed by atoms with Crippen molar-refractivity contribution in [3.63, 3.8) is 0 Å². The molecule has 1 N–H and O–H groups in total. The second-order valence-corrected chi connectivity index (χ2v) is 8.34. The molecule has 0 aliphatic heterocycles. The highest BCUT2D eigenvalue weighted by Crippen LogP contribution is 2.36. The van der Waals surface area contributed by atoms with Crippen LogP contribution in [-0.4, -0.2) is 10.9 Å². The second kappa shape index (κ2) is 9.57. The van der Waals surface area contributed by atoms with Gasteiger partial charge in [-0.1, -0.05) is 42.8 Å². The number of hydrogen-bond acceptors (Lipinski definition) is 3. The molecule has 1 saturated carbocycles. The van der Waals surface area contributed by atoms with E-state index in [1.807, 2.05) is 59.3 Å². The molecule has 2 unspecified atom stereocenters. The number of amides is 1. The lowest BCUT2D eigenvalue weighted by Crippen LogP contribution is -2.20. The predicted octanol–water partition coefficient (Wildman–Crippen LogP) is 5.63. The molecule has 1 heterocycles. The van der Waals surface area contributed by atoms with Crippen molar-refractivity contribution in [3.8, 4) is 5.75 Å². The zero-order valence-electron chi connectivity index (χ0n) is 16.3. The molecule has 29 heavy (non-hydrogen) atoms. The van der Waals surface area contributed by atoms with Crippen LogP contribution in [0, 0.1) is 11.8 Å². The van der Waals surface area contributed by atoms with Gasteiger partial charge < -0.3 is 4.74 Å². The van der Waals surface area contributed by atoms with Gasteiger partial charge in [-0.25, -0.2) is 4.98 Å². The van der Waals surface area contributed by atoms with Crippen molar-refractivity contribution in [1.29, 1.82) is 0 Å². The van der Waals surface area contributed by atoms with Gasteiger partial charge in [0.05, 0.1) is 34.1 Å². The number of hydrogen-bond donors (Lipinski definition) is 1. The molecular weight excluding hydrogens is 475 g/mol. The quantitative estimate of drug-likeness (QED) is 0.338. The zero-order chi connectivity index (χ0) is 20.1. The Hall–Kier alpha value is -2.15. The molecule has 1 aromatic heterocycles. The fourth-order valence-electron chi connectivity index (χ4n) is 4.30. The van der Waals surface area contributed by atoms with Crippen LogP contribution in [0.25, 0.3) is 10.9 Å². The summed E-state index contributed by atoms with van der Waals surface area (Å²) in [6.45, 7) is 0.459. The van der Waals surface area contributed by atoms with Crippen LogP contribution in [0.1, 0.15) is 36.9 Å². The Bertz CT molecular complexity index is 974. The van der Waals surface area contributed by atoms with Crippen LogP contribution in [0.5, 0.6) is 5.75 Å². The molecule has 1 aliphatic rings. The number of para-hydroxylation sites is 1. The second-order valence-electron chi connectivity index (χ2n) is 7.80. The van der Waals surface area contributed by atoms with Crippen LogP contribution in [0.15, 0.2) is 60.7 Å². The Balaban J connectivity index is 1.33. The number of nitrogens with zero attached hydrogens (tertiary/aromatic N) is 1. The Labute approximate surface area is 185 Å². The molecule has 0 radical (unpaired) electrons. The predicted molar refractivity (Wildman–Crippen MR) is 124 cm³/mol. The van der Waals surface area contributed by atoms with E-state index in [0.717, 1.165) is 35.2 Å². The maximum absolute atomic E-state index is 11.7. The first kappa shape index (κ1) is 20.1. The number of halogens is 1. The number of pyridine rings is 1. The maximum Gasteiger partial charge on any atom is 0.228 e. The van der Waals surface area contributed by atoms with Gasteiger partial charge in [0.2, 0.25) is 5.91 Å². The molecule has 4 rings (SSSR count). The minimum absolute atomic E-state index is 0.147. The van der Waals surface area contributed by atoms with Crippen LogP contribution < -0.4 is 8.27 Å². The van der Waals surface area contributed by atoms with Gasteiger partial charge in [0.15, 0.2) is 0 Å². The molecule has 0 bridgehead atoms. The van der Waals surface area contributed by atoms with Gasteiger partial charge in [-0.05, 0) is 60.9 Å². The van der Waals surface area contributed by atoms with Crippen molar-refractivity contribution >= 4 is 39.7 Å². The van der Waals surface area contributed by atoms with Crippen molar-refractivity contribution in [2.75, 3.05) is 0 Å². The molecule has 3 aromatic rings. The molecule has 1 fully saturated rings. The lowest BCUT2D eigenvalue weighted by atomic mass is 9.87. The monoisotopic (exact) mass is 500 g/mol. The van der Waals surface area contributed by atoms with Crippen LogP contribution >= 0.6 is 22.9 Å². The average molecular weight is 500 g/mol. The molecule has 4 nitrogen and oxygen atoms in total. The molecule has 1 amide bonds.